The largest absolute Gasteiger partial charge is 0.435 e. The zero-order valence-electron chi connectivity index (χ0n) is 20.9. The summed E-state index contributed by atoms with van der Waals surface area (Å²) in [6.45, 7) is 6.53. The molecule has 0 spiro atoms. The summed E-state index contributed by atoms with van der Waals surface area (Å²) in [5.74, 6) is 0.525. The molecule has 0 saturated heterocycles. The molecule has 1 amide bonds. The molecule has 0 saturated carbocycles. The van der Waals surface area contributed by atoms with E-state index in [1.165, 1.54) is 5.56 Å². The van der Waals surface area contributed by atoms with Crippen LogP contribution in [0.25, 0.3) is 33.6 Å². The zero-order chi connectivity index (χ0) is 25.3. The van der Waals surface area contributed by atoms with Crippen LogP contribution in [0.2, 0.25) is 0 Å². The lowest BCUT2D eigenvalue weighted by Gasteiger charge is -2.18. The normalized spacial score (nSPS) is 11.4. The number of carbonyl (C=O) groups is 1. The summed E-state index contributed by atoms with van der Waals surface area (Å²) in [7, 11) is 1.87. The highest BCUT2D eigenvalue weighted by molar-refractivity contribution is 6.10. The Morgan fingerprint density at radius 1 is 0.806 bits per heavy atom. The summed E-state index contributed by atoms with van der Waals surface area (Å²) >= 11 is 0. The molecular formula is C31H29N3O2. The monoisotopic (exact) mass is 475 g/mol. The van der Waals surface area contributed by atoms with Gasteiger partial charge in [-0.15, -0.1) is 0 Å². The maximum absolute atomic E-state index is 13.6. The van der Waals surface area contributed by atoms with E-state index in [2.05, 4.69) is 48.5 Å². The second-order valence-electron chi connectivity index (χ2n) is 9.83. The van der Waals surface area contributed by atoms with Gasteiger partial charge in [0.2, 0.25) is 5.89 Å². The molecule has 0 bridgehead atoms. The highest BCUT2D eigenvalue weighted by Crippen LogP contribution is 2.33. The number of carbonyl (C=O) groups excluding carboxylic acids is 1. The average molecular weight is 476 g/mol. The Morgan fingerprint density at radius 2 is 1.47 bits per heavy atom. The van der Waals surface area contributed by atoms with E-state index in [0.717, 1.165) is 33.3 Å². The van der Waals surface area contributed by atoms with Crippen molar-refractivity contribution in [3.05, 3.63) is 102 Å². The molecule has 1 aromatic heterocycles. The molecule has 0 aliphatic heterocycles. The van der Waals surface area contributed by atoms with Crippen LogP contribution in [0.15, 0.2) is 95.4 Å². The molecule has 36 heavy (non-hydrogen) atoms. The maximum atomic E-state index is 13.6. The molecule has 0 aliphatic carbocycles. The Kier molecular flexibility index (Phi) is 6.06. The fourth-order valence-electron chi connectivity index (χ4n) is 4.21. The molecule has 5 heteroatoms. The second kappa shape index (κ2) is 9.34. The fourth-order valence-corrected chi connectivity index (χ4v) is 4.21. The molecule has 0 aliphatic rings. The van der Waals surface area contributed by atoms with Gasteiger partial charge in [-0.25, -0.2) is 4.98 Å². The molecule has 5 rings (SSSR count). The molecule has 0 atom stereocenters. The van der Waals surface area contributed by atoms with Gasteiger partial charge in [0, 0.05) is 34.9 Å². The van der Waals surface area contributed by atoms with Crippen molar-refractivity contribution in [3.63, 3.8) is 0 Å². The minimum atomic E-state index is -0.319. The minimum Gasteiger partial charge on any atom is -0.435 e. The van der Waals surface area contributed by atoms with Gasteiger partial charge in [-0.05, 0) is 58.8 Å². The molecule has 4 aromatic carbocycles. The SMILES string of the molecule is CNc1ccc(-c2oc(-c3ccc(C(C)(C)C)cc3)nc2C(=O)Nc2cccc3ccccc23)cc1. The fraction of sp³-hybridized carbons (Fsp3) is 0.161. The predicted molar refractivity (Wildman–Crippen MR) is 148 cm³/mol. The lowest BCUT2D eigenvalue weighted by Crippen LogP contribution is -2.13. The van der Waals surface area contributed by atoms with Gasteiger partial charge in [0.1, 0.15) is 0 Å². The van der Waals surface area contributed by atoms with Gasteiger partial charge in [0.25, 0.3) is 5.91 Å². The van der Waals surface area contributed by atoms with E-state index >= 15 is 0 Å². The Bertz CT molecular complexity index is 1520. The molecule has 5 nitrogen and oxygen atoms in total. The number of rotatable bonds is 5. The van der Waals surface area contributed by atoms with E-state index in [0.29, 0.717) is 11.7 Å². The second-order valence-corrected chi connectivity index (χ2v) is 9.83. The van der Waals surface area contributed by atoms with Crippen LogP contribution in [0.3, 0.4) is 0 Å². The third-order valence-electron chi connectivity index (χ3n) is 6.31. The van der Waals surface area contributed by atoms with Crippen molar-refractivity contribution in [1.29, 1.82) is 0 Å². The molecule has 5 aromatic rings. The van der Waals surface area contributed by atoms with Gasteiger partial charge < -0.3 is 15.1 Å². The van der Waals surface area contributed by atoms with Crippen LogP contribution in [0, 0.1) is 0 Å². The number of anilines is 2. The molecule has 180 valence electrons. The van der Waals surface area contributed by atoms with Crippen LogP contribution in [0.1, 0.15) is 36.8 Å². The van der Waals surface area contributed by atoms with E-state index in [4.69, 9.17) is 4.42 Å². The average Bonchev–Trinajstić information content (AvgIpc) is 3.34. The first-order valence-corrected chi connectivity index (χ1v) is 12.0. The number of amides is 1. The highest BCUT2D eigenvalue weighted by atomic mass is 16.4. The van der Waals surface area contributed by atoms with Crippen LogP contribution in [0.5, 0.6) is 0 Å². The van der Waals surface area contributed by atoms with Crippen molar-refractivity contribution in [1.82, 2.24) is 4.98 Å². The minimum absolute atomic E-state index is 0.0405. The predicted octanol–water partition coefficient (Wildman–Crippen LogP) is 7.75. The third-order valence-corrected chi connectivity index (χ3v) is 6.31. The first kappa shape index (κ1) is 23.4. The summed E-state index contributed by atoms with van der Waals surface area (Å²) in [4.78, 5) is 18.2. The molecule has 0 fully saturated rings. The number of hydrogen-bond donors (Lipinski definition) is 2. The summed E-state index contributed by atoms with van der Waals surface area (Å²) in [5, 5.41) is 8.19. The van der Waals surface area contributed by atoms with Crippen molar-refractivity contribution in [3.8, 4) is 22.8 Å². The van der Waals surface area contributed by atoms with E-state index in [1.54, 1.807) is 0 Å². The number of nitrogens with one attached hydrogen (secondary N) is 2. The standard InChI is InChI=1S/C31H29N3O2/c1-31(2,3)23-16-12-22(13-17-23)30-34-27(28(36-30)21-14-18-24(32-4)19-15-21)29(35)33-26-11-7-9-20-8-5-6-10-25(20)26/h5-19,32H,1-4H3,(H,33,35). The number of hydrogen-bond acceptors (Lipinski definition) is 4. The molecule has 0 unspecified atom stereocenters. The number of aromatic nitrogens is 1. The van der Waals surface area contributed by atoms with E-state index < -0.39 is 0 Å². The van der Waals surface area contributed by atoms with Crippen molar-refractivity contribution >= 4 is 28.1 Å². The maximum Gasteiger partial charge on any atom is 0.278 e. The van der Waals surface area contributed by atoms with E-state index in [-0.39, 0.29) is 17.0 Å². The van der Waals surface area contributed by atoms with Gasteiger partial charge in [0.15, 0.2) is 11.5 Å². The Balaban J connectivity index is 1.56. The van der Waals surface area contributed by atoms with Crippen LogP contribution in [0.4, 0.5) is 11.4 Å². The Morgan fingerprint density at radius 3 is 2.17 bits per heavy atom. The number of fused-ring (bicyclic) bond motifs is 1. The van der Waals surface area contributed by atoms with Crippen molar-refractivity contribution < 1.29 is 9.21 Å². The van der Waals surface area contributed by atoms with Gasteiger partial charge in [0.05, 0.1) is 0 Å². The first-order chi connectivity index (χ1) is 17.3. The molecule has 0 radical (unpaired) electrons. The lowest BCUT2D eigenvalue weighted by atomic mass is 9.87. The van der Waals surface area contributed by atoms with Crippen LogP contribution >= 0.6 is 0 Å². The Labute approximate surface area is 211 Å². The number of nitrogens with zero attached hydrogens (tertiary/aromatic N) is 1. The Hall–Kier alpha value is -4.38. The summed E-state index contributed by atoms with van der Waals surface area (Å²) in [6, 6.07) is 29.7. The van der Waals surface area contributed by atoms with Gasteiger partial charge in [-0.2, -0.15) is 0 Å². The first-order valence-electron chi connectivity index (χ1n) is 12.0. The number of benzene rings is 4. The summed E-state index contributed by atoms with van der Waals surface area (Å²) in [6.07, 6.45) is 0. The summed E-state index contributed by atoms with van der Waals surface area (Å²) in [5.41, 5.74) is 4.80. The van der Waals surface area contributed by atoms with Gasteiger partial charge in [-0.1, -0.05) is 69.3 Å². The van der Waals surface area contributed by atoms with Gasteiger partial charge in [-0.3, -0.25) is 4.79 Å². The van der Waals surface area contributed by atoms with Crippen molar-refractivity contribution in [2.45, 2.75) is 26.2 Å². The van der Waals surface area contributed by atoms with Crippen LogP contribution in [-0.2, 0) is 5.41 Å². The molecule has 1 heterocycles. The molecule has 2 N–H and O–H groups in total. The number of oxazole rings is 1. The summed E-state index contributed by atoms with van der Waals surface area (Å²) < 4.78 is 6.24. The molecular weight excluding hydrogens is 446 g/mol. The van der Waals surface area contributed by atoms with E-state index in [9.17, 15) is 4.79 Å². The topological polar surface area (TPSA) is 67.2 Å². The van der Waals surface area contributed by atoms with Gasteiger partial charge >= 0.3 is 0 Å². The quantitative estimate of drug-likeness (QED) is 0.273. The third kappa shape index (κ3) is 4.60. The van der Waals surface area contributed by atoms with Crippen LogP contribution in [-0.4, -0.2) is 17.9 Å². The van der Waals surface area contributed by atoms with Crippen molar-refractivity contribution in [2.24, 2.45) is 0 Å². The van der Waals surface area contributed by atoms with Crippen molar-refractivity contribution in [2.75, 3.05) is 17.7 Å². The highest BCUT2D eigenvalue weighted by Gasteiger charge is 2.23. The van der Waals surface area contributed by atoms with E-state index in [1.807, 2.05) is 85.9 Å². The van der Waals surface area contributed by atoms with Crippen LogP contribution < -0.4 is 10.6 Å². The zero-order valence-corrected chi connectivity index (χ0v) is 20.9. The smallest absolute Gasteiger partial charge is 0.278 e. The lowest BCUT2D eigenvalue weighted by molar-refractivity contribution is 0.102.